The van der Waals surface area contributed by atoms with Crippen LogP contribution in [0.25, 0.3) is 0 Å². The number of nitrogens with zero attached hydrogens (tertiary/aromatic N) is 2. The van der Waals surface area contributed by atoms with Gasteiger partial charge in [-0.05, 0) is 36.4 Å². The molecular weight excluding hydrogens is 338 g/mol. The topological polar surface area (TPSA) is 78.9 Å². The lowest BCUT2D eigenvalue weighted by molar-refractivity contribution is 0.0963. The minimum Gasteiger partial charge on any atom is -0.355 e. The average Bonchev–Trinajstić information content (AvgIpc) is 2.65. The predicted molar refractivity (Wildman–Crippen MR) is 99.9 cm³/mol. The summed E-state index contributed by atoms with van der Waals surface area (Å²) in [4.78, 5) is 20.1. The van der Waals surface area contributed by atoms with Crippen molar-refractivity contribution in [1.29, 1.82) is 0 Å². The maximum Gasteiger partial charge on any atom is 0.251 e. The van der Waals surface area contributed by atoms with E-state index in [1.165, 1.54) is 6.20 Å². The molecule has 1 amide bonds. The summed E-state index contributed by atoms with van der Waals surface area (Å²) in [5.74, 6) is 0.770. The van der Waals surface area contributed by atoms with Crippen molar-refractivity contribution in [1.82, 2.24) is 15.3 Å². The Kier molecular flexibility index (Phi) is 5.11. The molecule has 0 bridgehead atoms. The third kappa shape index (κ3) is 4.24. The van der Waals surface area contributed by atoms with E-state index in [-0.39, 0.29) is 5.91 Å². The molecule has 1 heterocycles. The second-order valence-electron chi connectivity index (χ2n) is 5.16. The third-order valence-electron chi connectivity index (χ3n) is 3.41. The molecule has 3 aromatic rings. The van der Waals surface area contributed by atoms with Gasteiger partial charge < -0.3 is 16.0 Å². The first-order valence-electron chi connectivity index (χ1n) is 7.59. The molecule has 0 radical (unpaired) electrons. The van der Waals surface area contributed by atoms with Crippen molar-refractivity contribution in [2.24, 2.45) is 0 Å². The highest BCUT2D eigenvalue weighted by atomic mass is 35.5. The summed E-state index contributed by atoms with van der Waals surface area (Å²) in [5, 5.41) is 9.24. The Balaban J connectivity index is 1.77. The van der Waals surface area contributed by atoms with Crippen LogP contribution in [-0.2, 0) is 0 Å². The summed E-state index contributed by atoms with van der Waals surface area (Å²) < 4.78 is 0. The van der Waals surface area contributed by atoms with E-state index in [0.29, 0.717) is 22.4 Å². The Morgan fingerprint density at radius 1 is 0.960 bits per heavy atom. The zero-order valence-electron chi connectivity index (χ0n) is 13.5. The van der Waals surface area contributed by atoms with Crippen molar-refractivity contribution >= 4 is 40.6 Å². The van der Waals surface area contributed by atoms with Crippen LogP contribution in [0.5, 0.6) is 0 Å². The highest BCUT2D eigenvalue weighted by Gasteiger charge is 2.07. The van der Waals surface area contributed by atoms with E-state index in [4.69, 9.17) is 11.6 Å². The summed E-state index contributed by atoms with van der Waals surface area (Å²) in [5.41, 5.74) is 2.22. The lowest BCUT2D eigenvalue weighted by Gasteiger charge is -2.10. The summed E-state index contributed by atoms with van der Waals surface area (Å²) in [6, 6.07) is 16.6. The summed E-state index contributed by atoms with van der Waals surface area (Å²) in [6.45, 7) is 0. The molecule has 0 saturated carbocycles. The second-order valence-corrected chi connectivity index (χ2v) is 5.57. The Bertz CT molecular complexity index is 868. The van der Waals surface area contributed by atoms with Gasteiger partial charge in [-0.1, -0.05) is 29.8 Å². The molecule has 0 fully saturated rings. The monoisotopic (exact) mass is 353 g/mol. The van der Waals surface area contributed by atoms with Gasteiger partial charge in [-0.3, -0.25) is 4.79 Å². The van der Waals surface area contributed by atoms with Gasteiger partial charge in [0.2, 0.25) is 5.95 Å². The highest BCUT2D eigenvalue weighted by molar-refractivity contribution is 6.32. The molecule has 3 N–H and O–H groups in total. The van der Waals surface area contributed by atoms with Crippen LogP contribution in [0.1, 0.15) is 10.4 Å². The number of hydrogen-bond acceptors (Lipinski definition) is 5. The minimum absolute atomic E-state index is 0.136. The van der Waals surface area contributed by atoms with Crippen LogP contribution in [-0.4, -0.2) is 22.9 Å². The van der Waals surface area contributed by atoms with Gasteiger partial charge in [-0.15, -0.1) is 0 Å². The number of nitrogens with one attached hydrogen (secondary N) is 3. The van der Waals surface area contributed by atoms with E-state index >= 15 is 0 Å². The van der Waals surface area contributed by atoms with Crippen LogP contribution < -0.4 is 16.0 Å². The number of hydrogen-bond donors (Lipinski definition) is 3. The molecule has 0 aliphatic heterocycles. The number of amides is 1. The second kappa shape index (κ2) is 7.63. The van der Waals surface area contributed by atoms with Crippen LogP contribution in [0.2, 0.25) is 5.02 Å². The van der Waals surface area contributed by atoms with Gasteiger partial charge in [-0.25, -0.2) is 4.98 Å². The van der Waals surface area contributed by atoms with Crippen molar-refractivity contribution in [2.75, 3.05) is 17.7 Å². The van der Waals surface area contributed by atoms with Crippen LogP contribution in [0, 0.1) is 0 Å². The standard InChI is InChI=1S/C18H16ClN5O/c1-20-17(25)12-7-9-14(10-8-12)23-18-21-11-15(19)16(24-18)22-13-5-3-2-4-6-13/h2-11H,1H3,(H,20,25)(H2,21,22,23,24). The Hall–Kier alpha value is -3.12. The molecule has 0 spiro atoms. The summed E-state index contributed by atoms with van der Waals surface area (Å²) >= 11 is 6.16. The quantitative estimate of drug-likeness (QED) is 0.646. The molecule has 3 rings (SSSR count). The first-order valence-corrected chi connectivity index (χ1v) is 7.97. The van der Waals surface area contributed by atoms with Crippen molar-refractivity contribution < 1.29 is 4.79 Å². The highest BCUT2D eigenvalue weighted by Crippen LogP contribution is 2.24. The number of aromatic nitrogens is 2. The maximum atomic E-state index is 11.6. The number of para-hydroxylation sites is 1. The van der Waals surface area contributed by atoms with Gasteiger partial charge >= 0.3 is 0 Å². The fourth-order valence-corrected chi connectivity index (χ4v) is 2.29. The molecule has 7 heteroatoms. The van der Waals surface area contributed by atoms with E-state index < -0.39 is 0 Å². The number of anilines is 4. The first kappa shape index (κ1) is 16.7. The lowest BCUT2D eigenvalue weighted by Crippen LogP contribution is -2.17. The number of halogens is 1. The molecule has 0 atom stereocenters. The van der Waals surface area contributed by atoms with Crippen LogP contribution in [0.3, 0.4) is 0 Å². The molecule has 25 heavy (non-hydrogen) atoms. The summed E-state index contributed by atoms with van der Waals surface area (Å²) in [6.07, 6.45) is 1.53. The summed E-state index contributed by atoms with van der Waals surface area (Å²) in [7, 11) is 1.59. The molecule has 0 aliphatic carbocycles. The zero-order valence-corrected chi connectivity index (χ0v) is 14.2. The Labute approximate surface area is 150 Å². The lowest BCUT2D eigenvalue weighted by atomic mass is 10.2. The van der Waals surface area contributed by atoms with Crippen molar-refractivity contribution in [2.45, 2.75) is 0 Å². The molecule has 0 unspecified atom stereocenters. The number of benzene rings is 2. The van der Waals surface area contributed by atoms with E-state index in [1.54, 1.807) is 31.3 Å². The molecule has 126 valence electrons. The maximum absolute atomic E-state index is 11.6. The molecule has 0 aliphatic rings. The predicted octanol–water partition coefficient (Wildman–Crippen LogP) is 3.98. The molecule has 1 aromatic heterocycles. The van der Waals surface area contributed by atoms with Gasteiger partial charge in [0.15, 0.2) is 5.82 Å². The van der Waals surface area contributed by atoms with Gasteiger partial charge in [-0.2, -0.15) is 4.98 Å². The SMILES string of the molecule is CNC(=O)c1ccc(Nc2ncc(Cl)c(Nc3ccccc3)n2)cc1. The number of carbonyl (C=O) groups is 1. The van der Waals surface area contributed by atoms with Gasteiger partial charge in [0.25, 0.3) is 5.91 Å². The molecular formula is C18H16ClN5O. The van der Waals surface area contributed by atoms with E-state index in [0.717, 1.165) is 11.4 Å². The minimum atomic E-state index is -0.136. The van der Waals surface area contributed by atoms with Crippen LogP contribution >= 0.6 is 11.6 Å². The third-order valence-corrected chi connectivity index (χ3v) is 3.69. The normalized spacial score (nSPS) is 10.2. The van der Waals surface area contributed by atoms with Gasteiger partial charge in [0.05, 0.1) is 6.20 Å². The van der Waals surface area contributed by atoms with Crippen LogP contribution in [0.15, 0.2) is 60.8 Å². The Morgan fingerprint density at radius 2 is 1.64 bits per heavy atom. The fraction of sp³-hybridized carbons (Fsp3) is 0.0556. The van der Waals surface area contributed by atoms with Crippen molar-refractivity contribution in [3.8, 4) is 0 Å². The van der Waals surface area contributed by atoms with Crippen LogP contribution in [0.4, 0.5) is 23.1 Å². The number of rotatable bonds is 5. The largest absolute Gasteiger partial charge is 0.355 e. The zero-order chi connectivity index (χ0) is 17.6. The molecule has 2 aromatic carbocycles. The van der Waals surface area contributed by atoms with Gasteiger partial charge in [0, 0.05) is 24.0 Å². The first-order chi connectivity index (χ1) is 12.2. The molecule has 0 saturated heterocycles. The van der Waals surface area contributed by atoms with E-state index in [2.05, 4.69) is 25.9 Å². The average molecular weight is 354 g/mol. The molecule has 6 nitrogen and oxygen atoms in total. The fourth-order valence-electron chi connectivity index (χ4n) is 2.15. The van der Waals surface area contributed by atoms with E-state index in [9.17, 15) is 4.79 Å². The smallest absolute Gasteiger partial charge is 0.251 e. The number of carbonyl (C=O) groups excluding carboxylic acids is 1. The Morgan fingerprint density at radius 3 is 2.32 bits per heavy atom. The van der Waals surface area contributed by atoms with Crippen molar-refractivity contribution in [3.63, 3.8) is 0 Å². The van der Waals surface area contributed by atoms with Gasteiger partial charge in [0.1, 0.15) is 5.02 Å². The van der Waals surface area contributed by atoms with Crippen molar-refractivity contribution in [3.05, 3.63) is 71.4 Å². The van der Waals surface area contributed by atoms with E-state index in [1.807, 2.05) is 30.3 Å².